The summed E-state index contributed by atoms with van der Waals surface area (Å²) in [6.45, 7) is 0. The minimum absolute atomic E-state index is 0.789. The van der Waals surface area contributed by atoms with Crippen LogP contribution in [0.15, 0.2) is 11.3 Å². The Kier molecular flexibility index (Phi) is 2.24. The molecule has 0 saturated carbocycles. The van der Waals surface area contributed by atoms with Crippen molar-refractivity contribution in [3.05, 3.63) is 11.3 Å². The molecule has 0 fully saturated rings. The summed E-state index contributed by atoms with van der Waals surface area (Å²) in [5.74, 6) is -16.6. The average Bonchev–Trinajstić information content (AvgIpc) is 2.16. The summed E-state index contributed by atoms with van der Waals surface area (Å²) in [6.07, 6.45) is 0. The summed E-state index contributed by atoms with van der Waals surface area (Å²) in [6, 6.07) is 0.789. The van der Waals surface area contributed by atoms with Crippen LogP contribution in [0.25, 0.3) is 0 Å². The second kappa shape index (κ2) is 2.90. The van der Waals surface area contributed by atoms with E-state index in [1.54, 1.807) is 0 Å². The molecular formula is C7H3F6N3. The first-order chi connectivity index (χ1) is 7.01. The molecule has 1 aliphatic carbocycles. The van der Waals surface area contributed by atoms with E-state index in [0.29, 0.717) is 0 Å². The minimum atomic E-state index is -5.83. The van der Waals surface area contributed by atoms with Gasteiger partial charge in [0, 0.05) is 0 Å². The van der Waals surface area contributed by atoms with Crippen molar-refractivity contribution in [1.82, 2.24) is 0 Å². The Morgan fingerprint density at radius 3 is 1.88 bits per heavy atom. The number of nitriles is 1. The topological polar surface area (TPSA) is 73.7 Å². The highest BCUT2D eigenvalue weighted by atomic mass is 19.3. The van der Waals surface area contributed by atoms with Crippen molar-refractivity contribution in [2.24, 2.45) is 5.73 Å². The van der Waals surface area contributed by atoms with E-state index in [0.717, 1.165) is 6.07 Å². The van der Waals surface area contributed by atoms with Gasteiger partial charge in [-0.05, 0) is 0 Å². The van der Waals surface area contributed by atoms with Gasteiger partial charge in [-0.2, -0.15) is 31.6 Å². The van der Waals surface area contributed by atoms with E-state index in [9.17, 15) is 26.3 Å². The maximum Gasteiger partial charge on any atom is 0.383 e. The zero-order chi connectivity index (χ0) is 12.9. The molecule has 9 heteroatoms. The summed E-state index contributed by atoms with van der Waals surface area (Å²) in [4.78, 5) is 0. The van der Waals surface area contributed by atoms with Gasteiger partial charge in [-0.3, -0.25) is 5.41 Å². The number of nitrogens with one attached hydrogen (secondary N) is 1. The minimum Gasteiger partial charge on any atom is -0.396 e. The number of hydrogen-bond acceptors (Lipinski definition) is 3. The number of nitrogens with two attached hydrogens (primary N) is 1. The third kappa shape index (κ3) is 1.07. The summed E-state index contributed by atoms with van der Waals surface area (Å²) in [7, 11) is 0. The molecule has 0 amide bonds. The summed E-state index contributed by atoms with van der Waals surface area (Å²) < 4.78 is 76.6. The van der Waals surface area contributed by atoms with Crippen molar-refractivity contribution in [3.8, 4) is 6.07 Å². The molecule has 1 rings (SSSR count). The van der Waals surface area contributed by atoms with Crippen LogP contribution < -0.4 is 5.73 Å². The van der Waals surface area contributed by atoms with Gasteiger partial charge < -0.3 is 5.73 Å². The first-order valence-corrected chi connectivity index (χ1v) is 3.65. The van der Waals surface area contributed by atoms with Crippen molar-refractivity contribution < 1.29 is 26.3 Å². The van der Waals surface area contributed by atoms with Crippen molar-refractivity contribution in [1.29, 1.82) is 10.7 Å². The Morgan fingerprint density at radius 2 is 1.50 bits per heavy atom. The van der Waals surface area contributed by atoms with Gasteiger partial charge in [0.15, 0.2) is 0 Å². The molecule has 0 aromatic heterocycles. The Balaban J connectivity index is 3.65. The molecule has 0 radical (unpaired) electrons. The maximum absolute atomic E-state index is 12.8. The molecular weight excluding hydrogens is 240 g/mol. The molecule has 0 unspecified atom stereocenters. The van der Waals surface area contributed by atoms with Crippen LogP contribution in [0, 0.1) is 16.7 Å². The van der Waals surface area contributed by atoms with Gasteiger partial charge in [0.25, 0.3) is 0 Å². The quantitative estimate of drug-likeness (QED) is 0.635. The average molecular weight is 243 g/mol. The highest BCUT2D eigenvalue weighted by Gasteiger charge is 2.78. The third-order valence-corrected chi connectivity index (χ3v) is 2.07. The van der Waals surface area contributed by atoms with Gasteiger partial charge >= 0.3 is 17.8 Å². The number of allylic oxidation sites excluding steroid dienone is 2. The lowest BCUT2D eigenvalue weighted by atomic mass is 9.85. The van der Waals surface area contributed by atoms with Crippen LogP contribution in [0.4, 0.5) is 26.3 Å². The third-order valence-electron chi connectivity index (χ3n) is 2.07. The van der Waals surface area contributed by atoms with Crippen molar-refractivity contribution in [2.75, 3.05) is 0 Å². The first kappa shape index (κ1) is 12.4. The smallest absolute Gasteiger partial charge is 0.383 e. The SMILES string of the molecule is N#CC1=C(N)C(F)(F)C(F)(F)C(F)(F)C1=N. The van der Waals surface area contributed by atoms with Gasteiger partial charge in [0.1, 0.15) is 23.1 Å². The van der Waals surface area contributed by atoms with Crippen LogP contribution in [0.2, 0.25) is 0 Å². The van der Waals surface area contributed by atoms with E-state index < -0.39 is 34.7 Å². The van der Waals surface area contributed by atoms with Crippen LogP contribution >= 0.6 is 0 Å². The molecule has 0 aromatic rings. The fourth-order valence-electron chi connectivity index (χ4n) is 1.09. The number of rotatable bonds is 0. The van der Waals surface area contributed by atoms with E-state index in [2.05, 4.69) is 5.73 Å². The van der Waals surface area contributed by atoms with Gasteiger partial charge in [-0.15, -0.1) is 0 Å². The van der Waals surface area contributed by atoms with Crippen LogP contribution in [-0.2, 0) is 0 Å². The van der Waals surface area contributed by atoms with Crippen molar-refractivity contribution >= 4 is 5.71 Å². The van der Waals surface area contributed by atoms with Gasteiger partial charge in [0.05, 0.1) is 0 Å². The molecule has 0 saturated heterocycles. The van der Waals surface area contributed by atoms with Crippen molar-refractivity contribution in [3.63, 3.8) is 0 Å². The summed E-state index contributed by atoms with van der Waals surface area (Å²) >= 11 is 0. The number of hydrogen-bond donors (Lipinski definition) is 2. The largest absolute Gasteiger partial charge is 0.396 e. The van der Waals surface area contributed by atoms with E-state index >= 15 is 0 Å². The molecule has 0 heterocycles. The Morgan fingerprint density at radius 1 is 1.06 bits per heavy atom. The molecule has 88 valence electrons. The summed E-state index contributed by atoms with van der Waals surface area (Å²) in [5.41, 5.74) is -1.34. The number of alkyl halides is 6. The highest BCUT2D eigenvalue weighted by Crippen LogP contribution is 2.52. The molecule has 0 bridgehead atoms. The van der Waals surface area contributed by atoms with Crippen LogP contribution in [-0.4, -0.2) is 23.5 Å². The first-order valence-electron chi connectivity index (χ1n) is 3.65. The molecule has 3 N–H and O–H groups in total. The lowest BCUT2D eigenvalue weighted by Crippen LogP contribution is -2.63. The Labute approximate surface area is 84.6 Å². The van der Waals surface area contributed by atoms with Gasteiger partial charge in [-0.25, -0.2) is 0 Å². The maximum atomic E-state index is 12.8. The van der Waals surface area contributed by atoms with Crippen LogP contribution in [0.1, 0.15) is 0 Å². The van der Waals surface area contributed by atoms with E-state index in [4.69, 9.17) is 10.7 Å². The van der Waals surface area contributed by atoms with Crippen LogP contribution in [0.3, 0.4) is 0 Å². The molecule has 0 spiro atoms. The standard InChI is InChI=1S/C7H3F6N3/c8-5(9)3(15)2(1-14)4(16)6(10,11)7(5,12)13/h15H,16H2. The van der Waals surface area contributed by atoms with Gasteiger partial charge in [0.2, 0.25) is 0 Å². The highest BCUT2D eigenvalue weighted by molar-refractivity contribution is 6.08. The van der Waals surface area contributed by atoms with Gasteiger partial charge in [-0.1, -0.05) is 0 Å². The number of nitrogens with zero attached hydrogens (tertiary/aromatic N) is 1. The van der Waals surface area contributed by atoms with Crippen LogP contribution in [0.5, 0.6) is 0 Å². The van der Waals surface area contributed by atoms with Crippen molar-refractivity contribution in [2.45, 2.75) is 17.8 Å². The number of halogens is 6. The second-order valence-electron chi connectivity index (χ2n) is 3.00. The van der Waals surface area contributed by atoms with E-state index in [1.165, 1.54) is 0 Å². The molecule has 0 atom stereocenters. The lowest BCUT2D eigenvalue weighted by molar-refractivity contribution is -0.273. The predicted octanol–water partition coefficient (Wildman–Crippen LogP) is 1.66. The molecule has 3 nitrogen and oxygen atoms in total. The second-order valence-corrected chi connectivity index (χ2v) is 3.00. The zero-order valence-electron chi connectivity index (χ0n) is 7.29. The Bertz CT molecular complexity index is 430. The molecule has 16 heavy (non-hydrogen) atoms. The molecule has 0 aliphatic heterocycles. The zero-order valence-corrected chi connectivity index (χ0v) is 7.29. The lowest BCUT2D eigenvalue weighted by Gasteiger charge is -2.37. The monoisotopic (exact) mass is 243 g/mol. The Hall–Kier alpha value is -1.72. The molecule has 0 aromatic carbocycles. The fraction of sp³-hybridized carbons (Fsp3) is 0.429. The van der Waals surface area contributed by atoms with E-state index in [1.807, 2.05) is 0 Å². The molecule has 1 aliphatic rings. The fourth-order valence-corrected chi connectivity index (χ4v) is 1.09. The summed E-state index contributed by atoms with van der Waals surface area (Å²) in [5, 5.41) is 14.8. The normalized spacial score (nSPS) is 26.4. The predicted molar refractivity (Wildman–Crippen MR) is 39.4 cm³/mol. The van der Waals surface area contributed by atoms with E-state index in [-0.39, 0.29) is 0 Å².